The lowest BCUT2D eigenvalue weighted by molar-refractivity contribution is 0.0925. The second kappa shape index (κ2) is 7.41. The Balaban J connectivity index is 1.68. The summed E-state index contributed by atoms with van der Waals surface area (Å²) in [6.07, 6.45) is 0. The molecule has 35 heavy (non-hydrogen) atoms. The Morgan fingerprint density at radius 2 is 1.46 bits per heavy atom. The van der Waals surface area contributed by atoms with Gasteiger partial charge in [-0.15, -0.1) is 0 Å². The third-order valence-electron chi connectivity index (χ3n) is 6.79. The van der Waals surface area contributed by atoms with Crippen LogP contribution < -0.4 is 4.90 Å². The fourth-order valence-corrected chi connectivity index (χ4v) is 5.52. The third-order valence-corrected chi connectivity index (χ3v) is 6.79. The Bertz CT molecular complexity index is 1760. The topological polar surface area (TPSA) is 46.7 Å². The number of anilines is 1. The third kappa shape index (κ3) is 2.80. The van der Waals surface area contributed by atoms with Gasteiger partial charge in [0.1, 0.15) is 0 Å². The van der Waals surface area contributed by atoms with Gasteiger partial charge in [-0.05, 0) is 55.5 Å². The molecule has 168 valence electrons. The molecule has 5 heteroatoms. The Kier molecular flexibility index (Phi) is 4.42. The number of imide groups is 1. The molecule has 0 saturated carbocycles. The van der Waals surface area contributed by atoms with Crippen molar-refractivity contribution in [3.8, 4) is 5.69 Å². The van der Waals surface area contributed by atoms with Crippen molar-refractivity contribution in [3.05, 3.63) is 112 Å². The van der Waals surface area contributed by atoms with Crippen LogP contribution in [-0.4, -0.2) is 16.4 Å². The van der Waals surface area contributed by atoms with Gasteiger partial charge in [0.05, 0.1) is 40.1 Å². The van der Waals surface area contributed by atoms with E-state index in [0.717, 1.165) is 38.5 Å². The summed E-state index contributed by atoms with van der Waals surface area (Å²) in [7, 11) is 0. The average Bonchev–Trinajstić information content (AvgIpc) is 3.31. The minimum Gasteiger partial charge on any atom is -0.318 e. The highest BCUT2D eigenvalue weighted by Crippen LogP contribution is 2.41. The first kappa shape index (κ1) is 20.9. The number of hydrogen-bond donors (Lipinski definition) is 0. The molecule has 0 atom stereocenters. The molecule has 0 saturated heterocycles. The molecule has 0 radical (unpaired) electrons. The number of rotatable bonds is 2. The molecule has 1 aromatic heterocycles. The van der Waals surface area contributed by atoms with Crippen LogP contribution in [0.4, 0.5) is 11.4 Å². The molecule has 1 aliphatic rings. The maximum Gasteiger partial charge on any atom is 0.268 e. The highest BCUT2D eigenvalue weighted by Gasteiger charge is 2.40. The summed E-state index contributed by atoms with van der Waals surface area (Å²) in [5, 5.41) is 1.93. The Morgan fingerprint density at radius 3 is 2.20 bits per heavy atom. The van der Waals surface area contributed by atoms with Crippen molar-refractivity contribution >= 4 is 45.0 Å². The number of fused-ring (bicyclic) bond motifs is 4. The molecule has 0 N–H and O–H groups in total. The Hall–Kier alpha value is -4.69. The van der Waals surface area contributed by atoms with Crippen LogP contribution in [0.25, 0.3) is 32.3 Å². The lowest BCUT2D eigenvalue weighted by Gasteiger charge is -2.20. The summed E-state index contributed by atoms with van der Waals surface area (Å²) in [4.78, 5) is 32.7. The van der Waals surface area contributed by atoms with Crippen LogP contribution in [0.1, 0.15) is 37.4 Å². The van der Waals surface area contributed by atoms with Crippen LogP contribution in [0.3, 0.4) is 0 Å². The normalized spacial score (nSPS) is 13.0. The molecule has 0 fully saturated rings. The fraction of sp³-hybridized carbons (Fsp3) is 0.100. The lowest BCUT2D eigenvalue weighted by Crippen LogP contribution is -2.31. The Morgan fingerprint density at radius 1 is 0.771 bits per heavy atom. The van der Waals surface area contributed by atoms with Gasteiger partial charge in [0.25, 0.3) is 11.8 Å². The van der Waals surface area contributed by atoms with Gasteiger partial charge in [-0.1, -0.05) is 60.2 Å². The van der Waals surface area contributed by atoms with E-state index in [2.05, 4.69) is 4.85 Å². The zero-order valence-electron chi connectivity index (χ0n) is 19.6. The molecule has 2 amide bonds. The van der Waals surface area contributed by atoms with Crippen LogP contribution >= 0.6 is 0 Å². The maximum atomic E-state index is 14.0. The summed E-state index contributed by atoms with van der Waals surface area (Å²) >= 11 is 0. The minimum atomic E-state index is -0.345. The minimum absolute atomic E-state index is 0.326. The van der Waals surface area contributed by atoms with Gasteiger partial charge in [0.2, 0.25) is 5.69 Å². The first-order valence-corrected chi connectivity index (χ1v) is 11.4. The van der Waals surface area contributed by atoms with E-state index < -0.39 is 0 Å². The van der Waals surface area contributed by atoms with Gasteiger partial charge in [0, 0.05) is 5.39 Å². The number of benzene rings is 4. The van der Waals surface area contributed by atoms with Crippen LogP contribution in [-0.2, 0) is 0 Å². The molecular formula is C30H21N3O2. The van der Waals surface area contributed by atoms with E-state index in [1.807, 2.05) is 79.9 Å². The van der Waals surface area contributed by atoms with Gasteiger partial charge in [-0.3, -0.25) is 9.59 Å². The second-order valence-corrected chi connectivity index (χ2v) is 9.03. The average molecular weight is 456 g/mol. The van der Waals surface area contributed by atoms with Crippen molar-refractivity contribution in [2.75, 3.05) is 4.90 Å². The number of aryl methyl sites for hydroxylation is 3. The monoisotopic (exact) mass is 455 g/mol. The van der Waals surface area contributed by atoms with Crippen molar-refractivity contribution in [1.82, 2.24) is 4.57 Å². The van der Waals surface area contributed by atoms with Crippen molar-refractivity contribution < 1.29 is 9.59 Å². The van der Waals surface area contributed by atoms with E-state index in [0.29, 0.717) is 28.2 Å². The summed E-state index contributed by atoms with van der Waals surface area (Å²) in [5.41, 5.74) is 6.93. The molecule has 0 spiro atoms. The largest absolute Gasteiger partial charge is 0.318 e. The van der Waals surface area contributed by atoms with Crippen LogP contribution in [0.15, 0.2) is 72.8 Å². The number of amides is 2. The molecule has 5 aromatic rings. The number of aromatic nitrogens is 1. The van der Waals surface area contributed by atoms with E-state index in [1.165, 1.54) is 4.90 Å². The molecular weight excluding hydrogens is 434 g/mol. The van der Waals surface area contributed by atoms with E-state index in [-0.39, 0.29) is 11.8 Å². The van der Waals surface area contributed by atoms with E-state index >= 15 is 0 Å². The quantitative estimate of drug-likeness (QED) is 0.211. The van der Waals surface area contributed by atoms with Crippen molar-refractivity contribution in [1.29, 1.82) is 0 Å². The molecule has 0 aliphatic carbocycles. The molecule has 6 rings (SSSR count). The maximum absolute atomic E-state index is 14.0. The van der Waals surface area contributed by atoms with Gasteiger partial charge in [-0.25, -0.2) is 9.74 Å². The molecule has 0 unspecified atom stereocenters. The molecule has 0 bridgehead atoms. The van der Waals surface area contributed by atoms with Crippen molar-refractivity contribution in [3.63, 3.8) is 0 Å². The van der Waals surface area contributed by atoms with E-state index in [1.54, 1.807) is 18.2 Å². The van der Waals surface area contributed by atoms with Crippen LogP contribution in [0, 0.1) is 27.3 Å². The second-order valence-electron chi connectivity index (χ2n) is 9.03. The van der Waals surface area contributed by atoms with E-state index in [4.69, 9.17) is 6.57 Å². The van der Waals surface area contributed by atoms with Crippen molar-refractivity contribution in [2.24, 2.45) is 0 Å². The van der Waals surface area contributed by atoms with Gasteiger partial charge in [0.15, 0.2) is 0 Å². The highest BCUT2D eigenvalue weighted by molar-refractivity contribution is 6.36. The predicted octanol–water partition coefficient (Wildman–Crippen LogP) is 7.06. The van der Waals surface area contributed by atoms with Gasteiger partial charge >= 0.3 is 0 Å². The fourth-order valence-electron chi connectivity index (χ4n) is 5.52. The zero-order chi connectivity index (χ0) is 24.4. The van der Waals surface area contributed by atoms with E-state index in [9.17, 15) is 9.59 Å². The SMILES string of the molecule is [C-]#[N+]c1cccc2c3ccccc3n(-c3cccc4c3C(=O)N(c3c(C)cc(C)cc3C)C4=O)c12. The summed E-state index contributed by atoms with van der Waals surface area (Å²) < 4.78 is 1.96. The lowest BCUT2D eigenvalue weighted by atomic mass is 10.0. The number of carbonyl (C=O) groups is 2. The Labute approximate surface area is 202 Å². The number of nitrogens with zero attached hydrogens (tertiary/aromatic N) is 3. The first-order chi connectivity index (χ1) is 16.9. The first-order valence-electron chi connectivity index (χ1n) is 11.4. The summed E-state index contributed by atoms with van der Waals surface area (Å²) in [5.74, 6) is -0.671. The molecule has 1 aliphatic heterocycles. The smallest absolute Gasteiger partial charge is 0.268 e. The molecule has 2 heterocycles. The van der Waals surface area contributed by atoms with Crippen LogP contribution in [0.2, 0.25) is 0 Å². The summed E-state index contributed by atoms with van der Waals surface area (Å²) in [6.45, 7) is 13.6. The van der Waals surface area contributed by atoms with Gasteiger partial charge < -0.3 is 4.57 Å². The standard InChI is InChI=1S/C30H21N3O2/c1-17-15-18(2)27(19(3)16-17)33-29(34)22-11-8-14-25(26(22)30(33)35)32-24-13-6-5-9-20(24)21-10-7-12-23(31-4)28(21)32/h5-16H,1-3H3. The van der Waals surface area contributed by atoms with Crippen LogP contribution in [0.5, 0.6) is 0 Å². The highest BCUT2D eigenvalue weighted by atomic mass is 16.2. The van der Waals surface area contributed by atoms with Gasteiger partial charge in [-0.2, -0.15) is 0 Å². The van der Waals surface area contributed by atoms with Crippen molar-refractivity contribution in [2.45, 2.75) is 20.8 Å². The number of para-hydroxylation sites is 2. The molecule has 4 aromatic carbocycles. The molecule has 5 nitrogen and oxygen atoms in total. The summed E-state index contributed by atoms with van der Waals surface area (Å²) in [6, 6.07) is 22.9. The zero-order valence-corrected chi connectivity index (χ0v) is 19.6. The predicted molar refractivity (Wildman–Crippen MR) is 139 cm³/mol. The number of carbonyl (C=O) groups excluding carboxylic acids is 2. The number of hydrogen-bond acceptors (Lipinski definition) is 2.